The Kier molecular flexibility index (Phi) is 9.21. The monoisotopic (exact) mass is 286 g/mol. The molecule has 0 atom stereocenters. The zero-order valence-corrected chi connectivity index (χ0v) is 13.2. The van der Waals surface area contributed by atoms with Crippen LogP contribution in [-0.2, 0) is 0 Å². The minimum atomic E-state index is 0. The Hall–Kier alpha value is -1.10. The van der Waals surface area contributed by atoms with Crippen molar-refractivity contribution in [2.24, 2.45) is 0 Å². The molecular formula is C14H14CaO4. The van der Waals surface area contributed by atoms with Gasteiger partial charge in [-0.3, -0.25) is 0 Å². The van der Waals surface area contributed by atoms with E-state index in [0.29, 0.717) is 0 Å². The van der Waals surface area contributed by atoms with Crippen LogP contribution in [0.15, 0.2) is 48.5 Å². The summed E-state index contributed by atoms with van der Waals surface area (Å²) in [4.78, 5) is 0. The molecule has 0 bridgehead atoms. The Bertz CT molecular complexity index is 408. The zero-order chi connectivity index (χ0) is 13.4. The maximum Gasteiger partial charge on any atom is 2.00 e. The normalized spacial score (nSPS) is 8.53. The first-order valence-corrected chi connectivity index (χ1v) is 5.28. The van der Waals surface area contributed by atoms with E-state index in [1.54, 1.807) is 38.5 Å². The molecule has 0 heterocycles. The number of rotatable bonds is 2. The van der Waals surface area contributed by atoms with E-state index in [1.807, 2.05) is 0 Å². The second-order valence-electron chi connectivity index (χ2n) is 3.35. The molecule has 2 aromatic rings. The molecule has 0 saturated heterocycles. The summed E-state index contributed by atoms with van der Waals surface area (Å²) in [5.74, 6) is 1.45. The summed E-state index contributed by atoms with van der Waals surface area (Å²) in [5, 5.41) is 21.0. The summed E-state index contributed by atoms with van der Waals surface area (Å²) in [6.45, 7) is 0. The third-order valence-corrected chi connectivity index (χ3v) is 2.12. The van der Waals surface area contributed by atoms with E-state index in [2.05, 4.69) is 0 Å². The van der Waals surface area contributed by atoms with E-state index in [4.69, 9.17) is 9.47 Å². The first kappa shape index (κ1) is 17.9. The van der Waals surface area contributed by atoms with Gasteiger partial charge in [-0.1, -0.05) is 24.3 Å². The molecule has 0 aromatic heterocycles. The topological polar surface area (TPSA) is 64.6 Å². The molecule has 5 heteroatoms. The molecule has 2 aromatic carbocycles. The molecule has 0 N–H and O–H groups in total. The quantitative estimate of drug-likeness (QED) is 0.777. The van der Waals surface area contributed by atoms with Crippen molar-refractivity contribution in [1.82, 2.24) is 0 Å². The van der Waals surface area contributed by atoms with Crippen LogP contribution in [0.3, 0.4) is 0 Å². The van der Waals surface area contributed by atoms with Gasteiger partial charge in [-0.15, -0.1) is 11.5 Å². The number of hydrogen-bond acceptors (Lipinski definition) is 4. The summed E-state index contributed by atoms with van der Waals surface area (Å²) in [5.41, 5.74) is 0. The standard InChI is InChI=1S/2C7H8O2.Ca/c2*1-9-7-4-2-6(8)3-5-7;/h2*2-5,8H,1H3;/q;;+2/p-2. The Morgan fingerprint density at radius 1 is 0.632 bits per heavy atom. The van der Waals surface area contributed by atoms with E-state index >= 15 is 0 Å². The van der Waals surface area contributed by atoms with Crippen molar-refractivity contribution in [3.8, 4) is 23.0 Å². The first-order chi connectivity index (χ1) is 8.65. The molecule has 0 spiro atoms. The zero-order valence-electron chi connectivity index (χ0n) is 11.0. The van der Waals surface area contributed by atoms with E-state index in [0.717, 1.165) is 11.5 Å². The fourth-order valence-electron chi connectivity index (χ4n) is 1.15. The molecule has 0 radical (unpaired) electrons. The second kappa shape index (κ2) is 9.78. The average molecular weight is 286 g/mol. The van der Waals surface area contributed by atoms with Gasteiger partial charge in [0, 0.05) is 0 Å². The SMILES string of the molecule is COc1ccc([O-])cc1.COc1ccc([O-])cc1.[Ca+2]. The Balaban J connectivity index is 0.000000324. The number of methoxy groups -OCH3 is 2. The summed E-state index contributed by atoms with van der Waals surface area (Å²) >= 11 is 0. The van der Waals surface area contributed by atoms with Crippen LogP contribution >= 0.6 is 0 Å². The van der Waals surface area contributed by atoms with Crippen molar-refractivity contribution in [3.05, 3.63) is 48.5 Å². The van der Waals surface area contributed by atoms with Gasteiger partial charge in [0.2, 0.25) is 0 Å². The fraction of sp³-hybridized carbons (Fsp3) is 0.143. The van der Waals surface area contributed by atoms with Crippen LogP contribution in [0.5, 0.6) is 23.0 Å². The van der Waals surface area contributed by atoms with Crippen molar-refractivity contribution >= 4 is 37.7 Å². The number of benzene rings is 2. The molecule has 96 valence electrons. The van der Waals surface area contributed by atoms with Crippen LogP contribution in [-0.4, -0.2) is 52.0 Å². The molecule has 4 nitrogen and oxygen atoms in total. The van der Waals surface area contributed by atoms with Crippen LogP contribution in [0, 0.1) is 0 Å². The van der Waals surface area contributed by atoms with Crippen LogP contribution in [0.2, 0.25) is 0 Å². The molecule has 0 saturated carbocycles. The molecule has 0 fully saturated rings. The number of ether oxygens (including phenoxy) is 2. The Labute approximate surface area is 142 Å². The van der Waals surface area contributed by atoms with Crippen molar-refractivity contribution < 1.29 is 19.7 Å². The van der Waals surface area contributed by atoms with Crippen molar-refractivity contribution in [1.29, 1.82) is 0 Å². The Morgan fingerprint density at radius 3 is 1.11 bits per heavy atom. The third-order valence-electron chi connectivity index (χ3n) is 2.12. The smallest absolute Gasteiger partial charge is 0.872 e. The van der Waals surface area contributed by atoms with E-state index < -0.39 is 0 Å². The maximum absolute atomic E-state index is 10.5. The summed E-state index contributed by atoms with van der Waals surface area (Å²) < 4.78 is 9.66. The van der Waals surface area contributed by atoms with E-state index in [-0.39, 0.29) is 49.2 Å². The molecule has 0 aliphatic rings. The van der Waals surface area contributed by atoms with Gasteiger partial charge >= 0.3 is 37.7 Å². The predicted octanol–water partition coefficient (Wildman–Crippen LogP) is 1.16. The molecule has 0 aliphatic carbocycles. The third kappa shape index (κ3) is 7.15. The molecule has 0 unspecified atom stereocenters. The second-order valence-corrected chi connectivity index (χ2v) is 3.35. The average Bonchev–Trinajstić information content (AvgIpc) is 2.41. The first-order valence-electron chi connectivity index (χ1n) is 5.28. The molecule has 19 heavy (non-hydrogen) atoms. The predicted molar refractivity (Wildman–Crippen MR) is 70.6 cm³/mol. The minimum Gasteiger partial charge on any atom is -0.872 e. The van der Waals surface area contributed by atoms with Crippen molar-refractivity contribution in [3.63, 3.8) is 0 Å². The van der Waals surface area contributed by atoms with Crippen LogP contribution < -0.4 is 19.7 Å². The number of hydrogen-bond donors (Lipinski definition) is 0. The maximum atomic E-state index is 10.5. The molecule has 2 rings (SSSR count). The van der Waals surface area contributed by atoms with Crippen LogP contribution in [0.1, 0.15) is 0 Å². The van der Waals surface area contributed by atoms with Crippen LogP contribution in [0.4, 0.5) is 0 Å². The van der Waals surface area contributed by atoms with Gasteiger partial charge in [0.1, 0.15) is 11.5 Å². The molecule has 0 amide bonds. The summed E-state index contributed by atoms with van der Waals surface area (Å²) in [7, 11) is 3.14. The van der Waals surface area contributed by atoms with Crippen LogP contribution in [0.25, 0.3) is 0 Å². The molecular weight excluding hydrogens is 272 g/mol. The summed E-state index contributed by atoms with van der Waals surface area (Å²) in [6, 6.07) is 12.4. The van der Waals surface area contributed by atoms with Gasteiger partial charge in [-0.25, -0.2) is 0 Å². The van der Waals surface area contributed by atoms with Gasteiger partial charge < -0.3 is 19.7 Å². The minimum absolute atomic E-state index is 0. The van der Waals surface area contributed by atoms with Gasteiger partial charge in [-0.05, 0) is 24.3 Å². The molecule has 0 aliphatic heterocycles. The van der Waals surface area contributed by atoms with E-state index in [9.17, 15) is 10.2 Å². The van der Waals surface area contributed by atoms with Gasteiger partial charge in [0.05, 0.1) is 14.2 Å². The van der Waals surface area contributed by atoms with E-state index in [1.165, 1.54) is 24.3 Å². The largest absolute Gasteiger partial charge is 2.00 e. The fourth-order valence-corrected chi connectivity index (χ4v) is 1.15. The van der Waals surface area contributed by atoms with Gasteiger partial charge in [0.25, 0.3) is 0 Å². The summed E-state index contributed by atoms with van der Waals surface area (Å²) in [6.07, 6.45) is 0. The Morgan fingerprint density at radius 2 is 0.895 bits per heavy atom. The van der Waals surface area contributed by atoms with Gasteiger partial charge in [-0.2, -0.15) is 0 Å². The van der Waals surface area contributed by atoms with Crippen molar-refractivity contribution in [2.45, 2.75) is 0 Å². The van der Waals surface area contributed by atoms with Gasteiger partial charge in [0.15, 0.2) is 0 Å². The van der Waals surface area contributed by atoms with Crippen molar-refractivity contribution in [2.75, 3.05) is 14.2 Å².